The van der Waals surface area contributed by atoms with Crippen molar-refractivity contribution in [3.8, 4) is 0 Å². The molecule has 0 aromatic rings. The van der Waals surface area contributed by atoms with E-state index in [-0.39, 0.29) is 12.0 Å². The molecule has 0 aromatic heterocycles. The van der Waals surface area contributed by atoms with Gasteiger partial charge in [-0.3, -0.25) is 4.79 Å². The molecule has 17 heavy (non-hydrogen) atoms. The van der Waals surface area contributed by atoms with Crippen LogP contribution in [0.3, 0.4) is 0 Å². The maximum atomic E-state index is 11.9. The standard InChI is InChI=1S/C13H24N2O2/c1-10-5-4-7-14-11(10)9-15-13(16)12-6-2-3-8-17-12/h10-12,14H,2-9H2,1H3,(H,15,16). The van der Waals surface area contributed by atoms with E-state index in [0.29, 0.717) is 12.0 Å². The number of hydrogen-bond acceptors (Lipinski definition) is 3. The van der Waals surface area contributed by atoms with Crippen LogP contribution in [0.5, 0.6) is 0 Å². The Bertz CT molecular complexity index is 252. The highest BCUT2D eigenvalue weighted by Gasteiger charge is 2.25. The van der Waals surface area contributed by atoms with Gasteiger partial charge in [0.15, 0.2) is 0 Å². The molecule has 0 aliphatic carbocycles. The van der Waals surface area contributed by atoms with Crippen molar-refractivity contribution < 1.29 is 9.53 Å². The molecule has 2 aliphatic heterocycles. The highest BCUT2D eigenvalue weighted by Crippen LogP contribution is 2.15. The summed E-state index contributed by atoms with van der Waals surface area (Å²) in [6, 6.07) is 0.427. The average molecular weight is 240 g/mol. The first kappa shape index (κ1) is 12.8. The van der Waals surface area contributed by atoms with Gasteiger partial charge in [-0.15, -0.1) is 0 Å². The average Bonchev–Trinajstić information content (AvgIpc) is 2.38. The quantitative estimate of drug-likeness (QED) is 0.775. The first-order valence-corrected chi connectivity index (χ1v) is 6.90. The van der Waals surface area contributed by atoms with Crippen molar-refractivity contribution in [2.45, 2.75) is 51.2 Å². The smallest absolute Gasteiger partial charge is 0.249 e. The fourth-order valence-corrected chi connectivity index (χ4v) is 2.66. The molecule has 3 unspecified atom stereocenters. The van der Waals surface area contributed by atoms with Gasteiger partial charge in [0.2, 0.25) is 5.91 Å². The van der Waals surface area contributed by atoms with Gasteiger partial charge in [0, 0.05) is 19.2 Å². The highest BCUT2D eigenvalue weighted by molar-refractivity contribution is 5.80. The first-order chi connectivity index (χ1) is 8.27. The van der Waals surface area contributed by atoms with Crippen LogP contribution in [-0.2, 0) is 9.53 Å². The molecule has 0 bridgehead atoms. The Morgan fingerprint density at radius 2 is 2.24 bits per heavy atom. The zero-order valence-corrected chi connectivity index (χ0v) is 10.7. The molecule has 2 rings (SSSR count). The predicted molar refractivity (Wildman–Crippen MR) is 66.8 cm³/mol. The van der Waals surface area contributed by atoms with Gasteiger partial charge in [0.05, 0.1) is 0 Å². The molecule has 4 heteroatoms. The van der Waals surface area contributed by atoms with Crippen LogP contribution in [-0.4, -0.2) is 37.7 Å². The molecule has 0 radical (unpaired) electrons. The Labute approximate surface area is 103 Å². The molecule has 0 aromatic carbocycles. The first-order valence-electron chi connectivity index (χ1n) is 6.90. The predicted octanol–water partition coefficient (Wildman–Crippen LogP) is 1.06. The van der Waals surface area contributed by atoms with E-state index in [0.717, 1.165) is 39.0 Å². The third-order valence-corrected chi connectivity index (χ3v) is 3.90. The minimum atomic E-state index is -0.206. The number of rotatable bonds is 3. The molecule has 1 amide bonds. The Hall–Kier alpha value is -0.610. The summed E-state index contributed by atoms with van der Waals surface area (Å²) in [5.74, 6) is 0.723. The van der Waals surface area contributed by atoms with Crippen LogP contribution in [0.1, 0.15) is 39.0 Å². The monoisotopic (exact) mass is 240 g/mol. The second-order valence-corrected chi connectivity index (χ2v) is 5.28. The van der Waals surface area contributed by atoms with Gasteiger partial charge in [-0.1, -0.05) is 6.92 Å². The highest BCUT2D eigenvalue weighted by atomic mass is 16.5. The van der Waals surface area contributed by atoms with E-state index in [4.69, 9.17) is 4.74 Å². The molecular weight excluding hydrogens is 216 g/mol. The number of carbonyl (C=O) groups is 1. The zero-order valence-electron chi connectivity index (χ0n) is 10.7. The summed E-state index contributed by atoms with van der Waals surface area (Å²) in [5, 5.41) is 6.50. The lowest BCUT2D eigenvalue weighted by molar-refractivity contribution is -0.135. The Morgan fingerprint density at radius 3 is 2.94 bits per heavy atom. The van der Waals surface area contributed by atoms with Gasteiger partial charge in [-0.05, 0) is 44.6 Å². The number of piperidine rings is 1. The van der Waals surface area contributed by atoms with E-state index < -0.39 is 0 Å². The van der Waals surface area contributed by atoms with E-state index in [2.05, 4.69) is 17.6 Å². The second kappa shape index (κ2) is 6.36. The van der Waals surface area contributed by atoms with Crippen molar-refractivity contribution in [2.75, 3.05) is 19.7 Å². The van der Waals surface area contributed by atoms with E-state index >= 15 is 0 Å². The molecule has 2 fully saturated rings. The third-order valence-electron chi connectivity index (χ3n) is 3.90. The van der Waals surface area contributed by atoms with Crippen LogP contribution in [0.15, 0.2) is 0 Å². The van der Waals surface area contributed by atoms with Crippen LogP contribution in [0.2, 0.25) is 0 Å². The van der Waals surface area contributed by atoms with Gasteiger partial charge < -0.3 is 15.4 Å². The van der Waals surface area contributed by atoms with E-state index in [9.17, 15) is 4.79 Å². The Morgan fingerprint density at radius 1 is 1.35 bits per heavy atom. The largest absolute Gasteiger partial charge is 0.368 e. The molecule has 2 N–H and O–H groups in total. The van der Waals surface area contributed by atoms with Crippen molar-refractivity contribution in [1.82, 2.24) is 10.6 Å². The summed E-state index contributed by atoms with van der Waals surface area (Å²) < 4.78 is 5.47. The molecule has 0 spiro atoms. The van der Waals surface area contributed by atoms with Gasteiger partial charge >= 0.3 is 0 Å². The van der Waals surface area contributed by atoms with Crippen LogP contribution < -0.4 is 10.6 Å². The molecule has 2 heterocycles. The molecule has 4 nitrogen and oxygen atoms in total. The molecule has 0 saturated carbocycles. The summed E-state index contributed by atoms with van der Waals surface area (Å²) in [6.07, 6.45) is 5.37. The van der Waals surface area contributed by atoms with Crippen molar-refractivity contribution in [3.63, 3.8) is 0 Å². The maximum absolute atomic E-state index is 11.9. The van der Waals surface area contributed by atoms with Gasteiger partial charge in [0.1, 0.15) is 6.10 Å². The number of amides is 1. The zero-order chi connectivity index (χ0) is 12.1. The lowest BCUT2D eigenvalue weighted by Gasteiger charge is -2.31. The van der Waals surface area contributed by atoms with E-state index in [1.807, 2.05) is 0 Å². The normalized spacial score (nSPS) is 34.3. The SMILES string of the molecule is CC1CCCNC1CNC(=O)C1CCCCO1. The maximum Gasteiger partial charge on any atom is 0.249 e. The lowest BCUT2D eigenvalue weighted by atomic mass is 9.92. The molecular formula is C13H24N2O2. The minimum Gasteiger partial charge on any atom is -0.368 e. The number of nitrogens with one attached hydrogen (secondary N) is 2. The Kier molecular flexibility index (Phi) is 4.80. The summed E-state index contributed by atoms with van der Waals surface area (Å²) in [4.78, 5) is 11.9. The lowest BCUT2D eigenvalue weighted by Crippen LogP contribution is -2.50. The fraction of sp³-hybridized carbons (Fsp3) is 0.923. The molecule has 2 saturated heterocycles. The summed E-state index contributed by atoms with van der Waals surface area (Å²) in [6.45, 7) is 4.79. The third kappa shape index (κ3) is 3.68. The fourth-order valence-electron chi connectivity index (χ4n) is 2.66. The number of ether oxygens (including phenoxy) is 1. The van der Waals surface area contributed by atoms with Crippen molar-refractivity contribution in [2.24, 2.45) is 5.92 Å². The summed E-state index contributed by atoms with van der Waals surface area (Å²) >= 11 is 0. The van der Waals surface area contributed by atoms with Crippen molar-refractivity contribution in [1.29, 1.82) is 0 Å². The molecule has 98 valence electrons. The van der Waals surface area contributed by atoms with Crippen molar-refractivity contribution in [3.05, 3.63) is 0 Å². The van der Waals surface area contributed by atoms with E-state index in [1.165, 1.54) is 12.8 Å². The minimum absolute atomic E-state index is 0.0734. The topological polar surface area (TPSA) is 50.4 Å². The summed E-state index contributed by atoms with van der Waals surface area (Å²) in [5.41, 5.74) is 0. The second-order valence-electron chi connectivity index (χ2n) is 5.28. The number of carbonyl (C=O) groups excluding carboxylic acids is 1. The molecule has 3 atom stereocenters. The molecule has 2 aliphatic rings. The van der Waals surface area contributed by atoms with Crippen LogP contribution in [0, 0.1) is 5.92 Å². The van der Waals surface area contributed by atoms with Crippen LogP contribution in [0.25, 0.3) is 0 Å². The number of hydrogen-bond donors (Lipinski definition) is 2. The van der Waals surface area contributed by atoms with Crippen molar-refractivity contribution >= 4 is 5.91 Å². The van der Waals surface area contributed by atoms with Crippen LogP contribution in [0.4, 0.5) is 0 Å². The van der Waals surface area contributed by atoms with Gasteiger partial charge in [-0.2, -0.15) is 0 Å². The van der Waals surface area contributed by atoms with E-state index in [1.54, 1.807) is 0 Å². The van der Waals surface area contributed by atoms with Gasteiger partial charge in [-0.25, -0.2) is 0 Å². The van der Waals surface area contributed by atoms with Crippen LogP contribution >= 0.6 is 0 Å². The van der Waals surface area contributed by atoms with Gasteiger partial charge in [0.25, 0.3) is 0 Å². The Balaban J connectivity index is 1.71. The summed E-state index contributed by atoms with van der Waals surface area (Å²) in [7, 11) is 0.